The molecule has 1 amide bonds. The molecular formula is C19H19F2NO4. The lowest BCUT2D eigenvalue weighted by molar-refractivity contribution is -0.104. The SMILES string of the molecule is CCOc1cc([C@H]2NC(=O)OCC2(F)F)ccc1OCc1ccccc1. The van der Waals surface area contributed by atoms with E-state index in [0.717, 1.165) is 5.56 Å². The Morgan fingerprint density at radius 2 is 1.92 bits per heavy atom. The van der Waals surface area contributed by atoms with Gasteiger partial charge in [-0.15, -0.1) is 0 Å². The van der Waals surface area contributed by atoms with Crippen LogP contribution in [0.5, 0.6) is 11.5 Å². The maximum Gasteiger partial charge on any atom is 0.408 e. The lowest BCUT2D eigenvalue weighted by Gasteiger charge is -2.32. The van der Waals surface area contributed by atoms with Gasteiger partial charge in [0.05, 0.1) is 6.61 Å². The van der Waals surface area contributed by atoms with E-state index in [4.69, 9.17) is 9.47 Å². The number of alkyl halides is 2. The summed E-state index contributed by atoms with van der Waals surface area (Å²) in [6.07, 6.45) is -0.872. The van der Waals surface area contributed by atoms with Gasteiger partial charge in [0.15, 0.2) is 18.1 Å². The second kappa shape index (κ2) is 7.59. The van der Waals surface area contributed by atoms with Crippen LogP contribution in [-0.2, 0) is 11.3 Å². The van der Waals surface area contributed by atoms with Crippen LogP contribution in [0.1, 0.15) is 24.1 Å². The average molecular weight is 363 g/mol. The van der Waals surface area contributed by atoms with Crippen LogP contribution in [0.3, 0.4) is 0 Å². The van der Waals surface area contributed by atoms with E-state index in [0.29, 0.717) is 24.7 Å². The molecule has 1 fully saturated rings. The van der Waals surface area contributed by atoms with Gasteiger partial charge in [0.2, 0.25) is 0 Å². The van der Waals surface area contributed by atoms with Crippen molar-refractivity contribution in [3.05, 3.63) is 59.7 Å². The second-order valence-electron chi connectivity index (χ2n) is 5.83. The maximum absolute atomic E-state index is 14.1. The maximum atomic E-state index is 14.1. The topological polar surface area (TPSA) is 56.8 Å². The Morgan fingerprint density at radius 3 is 2.65 bits per heavy atom. The number of alkyl carbamates (subject to hydrolysis) is 1. The normalized spacial score (nSPS) is 18.6. The third-order valence-corrected chi connectivity index (χ3v) is 3.92. The van der Waals surface area contributed by atoms with Crippen molar-refractivity contribution in [2.45, 2.75) is 25.5 Å². The highest BCUT2D eigenvalue weighted by atomic mass is 19.3. The predicted molar refractivity (Wildman–Crippen MR) is 90.6 cm³/mol. The molecule has 1 aliphatic rings. The number of rotatable bonds is 6. The van der Waals surface area contributed by atoms with E-state index in [1.54, 1.807) is 13.0 Å². The molecule has 1 aliphatic heterocycles. The van der Waals surface area contributed by atoms with Gasteiger partial charge in [-0.1, -0.05) is 36.4 Å². The molecule has 1 N–H and O–H groups in total. The van der Waals surface area contributed by atoms with E-state index < -0.39 is 24.7 Å². The molecule has 2 aromatic carbocycles. The molecule has 7 heteroatoms. The molecule has 0 radical (unpaired) electrons. The first-order valence-corrected chi connectivity index (χ1v) is 8.24. The van der Waals surface area contributed by atoms with Gasteiger partial charge in [0.1, 0.15) is 12.6 Å². The van der Waals surface area contributed by atoms with Crippen LogP contribution in [0.15, 0.2) is 48.5 Å². The smallest absolute Gasteiger partial charge is 0.408 e. The summed E-state index contributed by atoms with van der Waals surface area (Å²) in [7, 11) is 0. The quantitative estimate of drug-likeness (QED) is 0.840. The van der Waals surface area contributed by atoms with Crippen molar-refractivity contribution in [1.29, 1.82) is 0 Å². The fourth-order valence-corrected chi connectivity index (χ4v) is 2.66. The highest BCUT2D eigenvalue weighted by Gasteiger charge is 2.47. The first kappa shape index (κ1) is 18.0. The molecule has 1 atom stereocenters. The summed E-state index contributed by atoms with van der Waals surface area (Å²) < 4.78 is 43.9. The highest BCUT2D eigenvalue weighted by Crippen LogP contribution is 2.38. The van der Waals surface area contributed by atoms with Gasteiger partial charge >= 0.3 is 12.0 Å². The molecule has 26 heavy (non-hydrogen) atoms. The fraction of sp³-hybridized carbons (Fsp3) is 0.316. The first-order valence-electron chi connectivity index (χ1n) is 8.24. The second-order valence-corrected chi connectivity index (χ2v) is 5.83. The zero-order valence-electron chi connectivity index (χ0n) is 14.2. The summed E-state index contributed by atoms with van der Waals surface area (Å²) in [6.45, 7) is 1.50. The molecule has 1 saturated heterocycles. The van der Waals surface area contributed by atoms with Crippen molar-refractivity contribution in [1.82, 2.24) is 5.32 Å². The van der Waals surface area contributed by atoms with Crippen molar-refractivity contribution in [2.24, 2.45) is 0 Å². The minimum Gasteiger partial charge on any atom is -0.490 e. The molecule has 5 nitrogen and oxygen atoms in total. The molecule has 1 heterocycles. The molecule has 0 aliphatic carbocycles. The zero-order valence-corrected chi connectivity index (χ0v) is 14.2. The van der Waals surface area contributed by atoms with Crippen LogP contribution >= 0.6 is 0 Å². The zero-order chi connectivity index (χ0) is 18.6. The molecule has 0 saturated carbocycles. The van der Waals surface area contributed by atoms with Gasteiger partial charge in [0.25, 0.3) is 0 Å². The van der Waals surface area contributed by atoms with Crippen molar-refractivity contribution < 1.29 is 27.8 Å². The van der Waals surface area contributed by atoms with E-state index >= 15 is 0 Å². The number of amides is 1. The lowest BCUT2D eigenvalue weighted by atomic mass is 9.99. The standard InChI is InChI=1S/C19H19F2NO4/c1-2-24-16-10-14(17-19(20,21)12-26-18(23)22-17)8-9-15(16)25-11-13-6-4-3-5-7-13/h3-10,17H,2,11-12H2,1H3,(H,22,23)/t17-/m1/s1. The van der Waals surface area contributed by atoms with E-state index in [9.17, 15) is 13.6 Å². The Labute approximate surface area is 149 Å². The summed E-state index contributed by atoms with van der Waals surface area (Å²) in [4.78, 5) is 11.3. The van der Waals surface area contributed by atoms with E-state index in [1.807, 2.05) is 30.3 Å². The van der Waals surface area contributed by atoms with Crippen LogP contribution in [0, 0.1) is 0 Å². The summed E-state index contributed by atoms with van der Waals surface area (Å²) >= 11 is 0. The van der Waals surface area contributed by atoms with Crippen LogP contribution in [0.2, 0.25) is 0 Å². The number of carbonyl (C=O) groups is 1. The van der Waals surface area contributed by atoms with Gasteiger partial charge in [-0.25, -0.2) is 13.6 Å². The van der Waals surface area contributed by atoms with Gasteiger partial charge < -0.3 is 19.5 Å². The molecule has 0 aromatic heterocycles. The van der Waals surface area contributed by atoms with E-state index in [2.05, 4.69) is 10.1 Å². The molecule has 0 bridgehead atoms. The molecular weight excluding hydrogens is 344 g/mol. The summed E-state index contributed by atoms with van der Waals surface area (Å²) in [5, 5.41) is 2.16. The minimum atomic E-state index is -3.22. The lowest BCUT2D eigenvalue weighted by Crippen LogP contribution is -2.49. The van der Waals surface area contributed by atoms with Crippen molar-refractivity contribution in [3.8, 4) is 11.5 Å². The monoisotopic (exact) mass is 363 g/mol. The number of cyclic esters (lactones) is 1. The summed E-state index contributed by atoms with van der Waals surface area (Å²) in [5.41, 5.74) is 1.20. The third kappa shape index (κ3) is 4.04. The van der Waals surface area contributed by atoms with Gasteiger partial charge in [-0.05, 0) is 30.2 Å². The molecule has 0 unspecified atom stereocenters. The first-order chi connectivity index (χ1) is 12.5. The highest BCUT2D eigenvalue weighted by molar-refractivity contribution is 5.69. The van der Waals surface area contributed by atoms with Gasteiger partial charge in [0, 0.05) is 0 Å². The Balaban J connectivity index is 1.83. The van der Waals surface area contributed by atoms with E-state index in [1.165, 1.54) is 12.1 Å². The van der Waals surface area contributed by atoms with Gasteiger partial charge in [-0.3, -0.25) is 0 Å². The third-order valence-electron chi connectivity index (χ3n) is 3.92. The number of carbonyl (C=O) groups excluding carboxylic acids is 1. The number of halogens is 2. The number of hydrogen-bond donors (Lipinski definition) is 1. The minimum absolute atomic E-state index is 0.224. The number of hydrogen-bond acceptors (Lipinski definition) is 4. The summed E-state index contributed by atoms with van der Waals surface area (Å²) in [6, 6.07) is 12.6. The molecule has 138 valence electrons. The van der Waals surface area contributed by atoms with Crippen LogP contribution in [0.4, 0.5) is 13.6 Å². The molecule has 0 spiro atoms. The Bertz CT molecular complexity index is 767. The Hall–Kier alpha value is -2.83. The van der Waals surface area contributed by atoms with Crippen LogP contribution in [-0.4, -0.2) is 25.2 Å². The van der Waals surface area contributed by atoms with Crippen molar-refractivity contribution >= 4 is 6.09 Å². The fourth-order valence-electron chi connectivity index (χ4n) is 2.66. The Morgan fingerprint density at radius 1 is 1.15 bits per heavy atom. The number of ether oxygens (including phenoxy) is 3. The largest absolute Gasteiger partial charge is 0.490 e. The van der Waals surface area contributed by atoms with Crippen LogP contribution in [0.25, 0.3) is 0 Å². The number of benzene rings is 2. The van der Waals surface area contributed by atoms with E-state index in [-0.39, 0.29) is 5.56 Å². The van der Waals surface area contributed by atoms with Crippen molar-refractivity contribution in [3.63, 3.8) is 0 Å². The van der Waals surface area contributed by atoms with Crippen molar-refractivity contribution in [2.75, 3.05) is 13.2 Å². The number of nitrogens with one attached hydrogen (secondary N) is 1. The van der Waals surface area contributed by atoms with Gasteiger partial charge in [-0.2, -0.15) is 0 Å². The average Bonchev–Trinajstić information content (AvgIpc) is 2.64. The molecule has 3 rings (SSSR count). The molecule has 2 aromatic rings. The van der Waals surface area contributed by atoms with Crippen LogP contribution < -0.4 is 14.8 Å². The predicted octanol–water partition coefficient (Wildman–Crippen LogP) is 4.08. The Kier molecular flexibility index (Phi) is 5.25. The summed E-state index contributed by atoms with van der Waals surface area (Å²) in [5.74, 6) is -2.43.